The standard InChI is InChI=1S/C16H18O4/c1-16-6-5-9-7-10(20-2)3-4-11(9)14(16)12(15(18)19)8-13(16)17/h3-4,7,13,17H,5-6,8H2,1-2H3,(H,18,19)/t13-,16+/m1/s1. The highest BCUT2D eigenvalue weighted by Gasteiger charge is 2.48. The van der Waals surface area contributed by atoms with E-state index in [9.17, 15) is 15.0 Å². The molecular formula is C16H18O4. The number of hydrogen-bond acceptors (Lipinski definition) is 3. The fourth-order valence-corrected chi connectivity index (χ4v) is 3.53. The van der Waals surface area contributed by atoms with E-state index in [4.69, 9.17) is 4.74 Å². The zero-order valence-corrected chi connectivity index (χ0v) is 11.6. The highest BCUT2D eigenvalue weighted by atomic mass is 16.5. The quantitative estimate of drug-likeness (QED) is 0.868. The number of carboxylic acids is 1. The predicted molar refractivity (Wildman–Crippen MR) is 74.6 cm³/mol. The smallest absolute Gasteiger partial charge is 0.331 e. The van der Waals surface area contributed by atoms with E-state index in [0.29, 0.717) is 5.57 Å². The first-order chi connectivity index (χ1) is 9.47. The van der Waals surface area contributed by atoms with Gasteiger partial charge in [-0.25, -0.2) is 4.79 Å². The Hall–Kier alpha value is -1.81. The summed E-state index contributed by atoms with van der Waals surface area (Å²) in [5.41, 5.74) is 2.76. The van der Waals surface area contributed by atoms with Gasteiger partial charge in [-0.15, -0.1) is 0 Å². The number of fused-ring (bicyclic) bond motifs is 3. The second-order valence-electron chi connectivity index (χ2n) is 5.82. The maximum atomic E-state index is 11.5. The van der Waals surface area contributed by atoms with Crippen molar-refractivity contribution in [1.29, 1.82) is 0 Å². The summed E-state index contributed by atoms with van der Waals surface area (Å²) in [4.78, 5) is 11.5. The largest absolute Gasteiger partial charge is 0.497 e. The van der Waals surface area contributed by atoms with Gasteiger partial charge in [0.2, 0.25) is 0 Å². The van der Waals surface area contributed by atoms with Crippen molar-refractivity contribution in [1.82, 2.24) is 0 Å². The third-order valence-electron chi connectivity index (χ3n) is 4.76. The lowest BCUT2D eigenvalue weighted by Crippen LogP contribution is -2.32. The molecule has 2 N–H and O–H groups in total. The Bertz CT molecular complexity index is 617. The summed E-state index contributed by atoms with van der Waals surface area (Å²) in [6.07, 6.45) is 1.21. The van der Waals surface area contributed by atoms with Crippen molar-refractivity contribution in [3.63, 3.8) is 0 Å². The van der Waals surface area contributed by atoms with Crippen LogP contribution >= 0.6 is 0 Å². The summed E-state index contributed by atoms with van der Waals surface area (Å²) in [6.45, 7) is 1.97. The van der Waals surface area contributed by atoms with E-state index in [0.717, 1.165) is 35.3 Å². The topological polar surface area (TPSA) is 66.8 Å². The van der Waals surface area contributed by atoms with Crippen molar-refractivity contribution in [2.24, 2.45) is 5.41 Å². The van der Waals surface area contributed by atoms with Crippen molar-refractivity contribution in [2.75, 3.05) is 7.11 Å². The Morgan fingerprint density at radius 3 is 2.85 bits per heavy atom. The summed E-state index contributed by atoms with van der Waals surface area (Å²) in [5.74, 6) is -0.144. The number of ether oxygens (including phenoxy) is 1. The Kier molecular flexibility index (Phi) is 2.87. The minimum absolute atomic E-state index is 0.229. The van der Waals surface area contributed by atoms with Gasteiger partial charge in [0.05, 0.1) is 13.2 Å². The van der Waals surface area contributed by atoms with Crippen molar-refractivity contribution < 1.29 is 19.7 Å². The van der Waals surface area contributed by atoms with Crippen LogP contribution in [0, 0.1) is 5.41 Å². The number of aliphatic hydroxyl groups is 1. The molecule has 2 aliphatic rings. The number of methoxy groups -OCH3 is 1. The molecule has 2 aliphatic carbocycles. The van der Waals surface area contributed by atoms with Gasteiger partial charge in [0.15, 0.2) is 0 Å². The second-order valence-corrected chi connectivity index (χ2v) is 5.82. The lowest BCUT2D eigenvalue weighted by molar-refractivity contribution is -0.132. The SMILES string of the molecule is COc1ccc2c(c1)CC[C@]1(C)C2=C(C(=O)O)C[C@H]1O. The van der Waals surface area contributed by atoms with Crippen LogP contribution in [0.1, 0.15) is 30.9 Å². The zero-order valence-electron chi connectivity index (χ0n) is 11.6. The van der Waals surface area contributed by atoms with Gasteiger partial charge in [-0.2, -0.15) is 0 Å². The van der Waals surface area contributed by atoms with Gasteiger partial charge in [-0.3, -0.25) is 0 Å². The van der Waals surface area contributed by atoms with Gasteiger partial charge in [-0.05, 0) is 41.7 Å². The summed E-state index contributed by atoms with van der Waals surface area (Å²) >= 11 is 0. The number of rotatable bonds is 2. The fourth-order valence-electron chi connectivity index (χ4n) is 3.53. The molecule has 0 unspecified atom stereocenters. The van der Waals surface area contributed by atoms with Crippen LogP contribution < -0.4 is 4.74 Å². The fraction of sp³-hybridized carbons (Fsp3) is 0.438. The van der Waals surface area contributed by atoms with Crippen molar-refractivity contribution in [3.8, 4) is 5.75 Å². The molecule has 0 heterocycles. The summed E-state index contributed by atoms with van der Waals surface area (Å²) < 4.78 is 5.23. The van der Waals surface area contributed by atoms with Gasteiger partial charge in [-0.1, -0.05) is 13.0 Å². The van der Waals surface area contributed by atoms with Gasteiger partial charge in [0.1, 0.15) is 5.75 Å². The third kappa shape index (κ3) is 1.68. The van der Waals surface area contributed by atoms with E-state index in [1.807, 2.05) is 25.1 Å². The molecule has 2 atom stereocenters. The monoisotopic (exact) mass is 274 g/mol. The first-order valence-corrected chi connectivity index (χ1v) is 6.79. The molecule has 4 heteroatoms. The molecule has 106 valence electrons. The summed E-state index contributed by atoms with van der Waals surface area (Å²) in [7, 11) is 1.62. The van der Waals surface area contributed by atoms with Crippen LogP contribution in [0.2, 0.25) is 0 Å². The normalized spacial score (nSPS) is 28.1. The minimum Gasteiger partial charge on any atom is -0.497 e. The van der Waals surface area contributed by atoms with Crippen molar-refractivity contribution in [2.45, 2.75) is 32.3 Å². The average Bonchev–Trinajstić information content (AvgIpc) is 2.71. The van der Waals surface area contributed by atoms with Crippen molar-refractivity contribution in [3.05, 3.63) is 34.9 Å². The molecule has 0 aliphatic heterocycles. The maximum Gasteiger partial charge on any atom is 0.331 e. The number of aryl methyl sites for hydroxylation is 1. The van der Waals surface area contributed by atoms with E-state index in [1.165, 1.54) is 0 Å². The molecule has 3 rings (SSSR count). The minimum atomic E-state index is -0.925. The van der Waals surface area contributed by atoms with E-state index in [1.54, 1.807) is 7.11 Å². The number of benzene rings is 1. The lowest BCUT2D eigenvalue weighted by atomic mass is 9.68. The molecule has 0 saturated carbocycles. The number of aliphatic hydroxyl groups excluding tert-OH is 1. The molecule has 0 saturated heterocycles. The van der Waals surface area contributed by atoms with E-state index in [2.05, 4.69) is 0 Å². The molecule has 0 bridgehead atoms. The number of carbonyl (C=O) groups is 1. The van der Waals surface area contributed by atoms with Gasteiger partial charge in [0, 0.05) is 17.4 Å². The van der Waals surface area contributed by atoms with Crippen LogP contribution in [0.3, 0.4) is 0 Å². The zero-order chi connectivity index (χ0) is 14.5. The van der Waals surface area contributed by atoms with Crippen LogP contribution in [0.25, 0.3) is 5.57 Å². The molecule has 0 aromatic heterocycles. The molecule has 0 fully saturated rings. The van der Waals surface area contributed by atoms with Gasteiger partial charge >= 0.3 is 5.97 Å². The summed E-state index contributed by atoms with van der Waals surface area (Å²) in [6, 6.07) is 5.73. The molecule has 4 nitrogen and oxygen atoms in total. The van der Waals surface area contributed by atoms with Crippen LogP contribution in [-0.4, -0.2) is 29.4 Å². The van der Waals surface area contributed by atoms with Crippen LogP contribution in [0.5, 0.6) is 5.75 Å². The first kappa shape index (κ1) is 13.2. The van der Waals surface area contributed by atoms with Crippen LogP contribution in [-0.2, 0) is 11.2 Å². The van der Waals surface area contributed by atoms with E-state index >= 15 is 0 Å². The number of carboxylic acid groups (broad SMARTS) is 1. The highest BCUT2D eigenvalue weighted by molar-refractivity contribution is 6.00. The Labute approximate surface area is 117 Å². The van der Waals surface area contributed by atoms with E-state index in [-0.39, 0.29) is 6.42 Å². The number of hydrogen-bond donors (Lipinski definition) is 2. The first-order valence-electron chi connectivity index (χ1n) is 6.79. The molecule has 0 radical (unpaired) electrons. The Morgan fingerprint density at radius 2 is 2.20 bits per heavy atom. The molecule has 1 aromatic carbocycles. The van der Waals surface area contributed by atoms with Gasteiger partial charge < -0.3 is 14.9 Å². The van der Waals surface area contributed by atoms with Crippen LogP contribution in [0.15, 0.2) is 23.8 Å². The Balaban J connectivity index is 2.22. The van der Waals surface area contributed by atoms with Gasteiger partial charge in [0.25, 0.3) is 0 Å². The molecule has 20 heavy (non-hydrogen) atoms. The lowest BCUT2D eigenvalue weighted by Gasteiger charge is -2.37. The predicted octanol–water partition coefficient (Wildman–Crippen LogP) is 2.25. The third-order valence-corrected chi connectivity index (χ3v) is 4.76. The maximum absolute atomic E-state index is 11.5. The average molecular weight is 274 g/mol. The molecular weight excluding hydrogens is 256 g/mol. The highest BCUT2D eigenvalue weighted by Crippen LogP contribution is 2.55. The molecule has 0 amide bonds. The second kappa shape index (κ2) is 4.35. The Morgan fingerprint density at radius 1 is 1.45 bits per heavy atom. The molecule has 1 aromatic rings. The number of aliphatic carboxylic acids is 1. The summed E-state index contributed by atoms with van der Waals surface area (Å²) in [5, 5.41) is 19.7. The molecule has 0 spiro atoms. The van der Waals surface area contributed by atoms with Crippen molar-refractivity contribution >= 4 is 11.5 Å². The van der Waals surface area contributed by atoms with Crippen LogP contribution in [0.4, 0.5) is 0 Å². The van der Waals surface area contributed by atoms with E-state index < -0.39 is 17.5 Å².